The minimum Gasteiger partial charge on any atom is -0.383 e. The number of rotatable bonds is 5. The van der Waals surface area contributed by atoms with Crippen LogP contribution in [0.1, 0.15) is 50.8 Å². The maximum absolute atomic E-state index is 6.43. The minimum absolute atomic E-state index is 0.0162. The molecule has 7 nitrogen and oxygen atoms in total. The Morgan fingerprint density at radius 2 is 1.91 bits per heavy atom. The largest absolute Gasteiger partial charge is 0.383 e. The summed E-state index contributed by atoms with van der Waals surface area (Å²) >= 11 is 0. The summed E-state index contributed by atoms with van der Waals surface area (Å²) in [6.45, 7) is 6.17. The van der Waals surface area contributed by atoms with Crippen molar-refractivity contribution in [3.05, 3.63) is 60.2 Å². The molecule has 2 fully saturated rings. The third-order valence-corrected chi connectivity index (χ3v) is 7.47. The van der Waals surface area contributed by atoms with Gasteiger partial charge in [0.15, 0.2) is 5.79 Å². The summed E-state index contributed by atoms with van der Waals surface area (Å²) in [5.74, 6) is 0.307. The highest BCUT2D eigenvalue weighted by Crippen LogP contribution is 2.49. The standard InChI is InChI=1S/C27H31N5O2/c1-4-16-11-18-7-5-17(12-21(18)29-14-16)6-8-19-13-22(24-23(19)33-27(2,3)34-24)32-10-9-20-25(28)30-15-31-26(20)32/h5,7,9-12,14-15,19,22-24H,4,6,8,13H2,1-3H3,(H2,28,30,31)/t19-,22+,23+,24-/m0/s1. The maximum atomic E-state index is 6.43. The first kappa shape index (κ1) is 21.5. The van der Waals surface area contributed by atoms with Crippen LogP contribution in [-0.2, 0) is 22.3 Å². The van der Waals surface area contributed by atoms with E-state index in [1.807, 2.05) is 26.1 Å². The lowest BCUT2D eigenvalue weighted by atomic mass is 9.95. The fourth-order valence-electron chi connectivity index (χ4n) is 5.78. The van der Waals surface area contributed by atoms with Gasteiger partial charge in [-0.3, -0.25) is 4.98 Å². The molecule has 7 heteroatoms. The third kappa shape index (κ3) is 3.63. The minimum atomic E-state index is -0.590. The van der Waals surface area contributed by atoms with E-state index in [1.54, 1.807) is 0 Å². The van der Waals surface area contributed by atoms with Gasteiger partial charge in [-0.1, -0.05) is 19.1 Å². The summed E-state index contributed by atoms with van der Waals surface area (Å²) in [4.78, 5) is 13.3. The second kappa shape index (κ2) is 8.03. The van der Waals surface area contributed by atoms with Crippen molar-refractivity contribution in [2.45, 2.75) is 70.5 Å². The number of aryl methyl sites for hydroxylation is 2. The van der Waals surface area contributed by atoms with Crippen LogP contribution in [0.15, 0.2) is 49.1 Å². The highest BCUT2D eigenvalue weighted by atomic mass is 16.8. The fraction of sp³-hybridized carbons (Fsp3) is 0.444. The molecule has 1 aliphatic heterocycles. The van der Waals surface area contributed by atoms with E-state index in [-0.39, 0.29) is 18.2 Å². The second-order valence-electron chi connectivity index (χ2n) is 10.1. The molecule has 34 heavy (non-hydrogen) atoms. The van der Waals surface area contributed by atoms with Gasteiger partial charge in [-0.25, -0.2) is 9.97 Å². The molecule has 6 rings (SSSR count). The zero-order valence-electron chi connectivity index (χ0n) is 19.9. The molecule has 176 valence electrons. The van der Waals surface area contributed by atoms with E-state index in [1.165, 1.54) is 22.8 Å². The van der Waals surface area contributed by atoms with E-state index in [9.17, 15) is 0 Å². The van der Waals surface area contributed by atoms with Gasteiger partial charge in [0.1, 0.15) is 23.9 Å². The second-order valence-corrected chi connectivity index (χ2v) is 10.1. The third-order valence-electron chi connectivity index (χ3n) is 7.47. The van der Waals surface area contributed by atoms with Crippen LogP contribution in [0.25, 0.3) is 21.9 Å². The first-order valence-electron chi connectivity index (χ1n) is 12.2. The lowest BCUT2D eigenvalue weighted by molar-refractivity contribution is -0.160. The number of anilines is 1. The Morgan fingerprint density at radius 1 is 1.06 bits per heavy atom. The van der Waals surface area contributed by atoms with Crippen molar-refractivity contribution in [2.24, 2.45) is 5.92 Å². The number of nitrogens with zero attached hydrogens (tertiary/aromatic N) is 4. The number of nitrogens with two attached hydrogens (primary N) is 1. The molecule has 2 N–H and O–H groups in total. The number of pyridine rings is 1. The summed E-state index contributed by atoms with van der Waals surface area (Å²) in [6, 6.07) is 11.1. The molecule has 1 saturated carbocycles. The van der Waals surface area contributed by atoms with E-state index < -0.39 is 5.79 Å². The number of benzene rings is 1. The molecule has 3 aromatic heterocycles. The highest BCUT2D eigenvalue weighted by molar-refractivity contribution is 5.86. The van der Waals surface area contributed by atoms with Crippen LogP contribution in [0.5, 0.6) is 0 Å². The molecule has 4 atom stereocenters. The highest BCUT2D eigenvalue weighted by Gasteiger charge is 2.54. The van der Waals surface area contributed by atoms with Gasteiger partial charge in [0, 0.05) is 17.8 Å². The molecule has 1 saturated heterocycles. The van der Waals surface area contributed by atoms with Gasteiger partial charge in [0.25, 0.3) is 0 Å². The van der Waals surface area contributed by atoms with Gasteiger partial charge in [0.2, 0.25) is 0 Å². The van der Waals surface area contributed by atoms with Crippen LogP contribution >= 0.6 is 0 Å². The van der Waals surface area contributed by atoms with Crippen molar-refractivity contribution >= 4 is 27.8 Å². The average Bonchev–Trinajstić information content (AvgIpc) is 3.48. The summed E-state index contributed by atoms with van der Waals surface area (Å²) in [6.07, 6.45) is 9.63. The van der Waals surface area contributed by atoms with Crippen LogP contribution in [0.3, 0.4) is 0 Å². The lowest BCUT2D eigenvalue weighted by Crippen LogP contribution is -2.27. The molecule has 4 heterocycles. The maximum Gasteiger partial charge on any atom is 0.163 e. The van der Waals surface area contributed by atoms with Crippen molar-refractivity contribution in [1.29, 1.82) is 0 Å². The van der Waals surface area contributed by atoms with E-state index in [0.29, 0.717) is 11.7 Å². The van der Waals surface area contributed by atoms with Crippen LogP contribution < -0.4 is 5.73 Å². The topological polar surface area (TPSA) is 88.1 Å². The molecular formula is C27H31N5O2. The number of ether oxygens (including phenoxy) is 2. The predicted octanol–water partition coefficient (Wildman–Crippen LogP) is 4.84. The van der Waals surface area contributed by atoms with Crippen molar-refractivity contribution in [2.75, 3.05) is 5.73 Å². The Hall–Kier alpha value is -3.03. The van der Waals surface area contributed by atoms with E-state index in [4.69, 9.17) is 15.2 Å². The zero-order chi connectivity index (χ0) is 23.4. The van der Waals surface area contributed by atoms with Gasteiger partial charge >= 0.3 is 0 Å². The van der Waals surface area contributed by atoms with Crippen molar-refractivity contribution in [3.8, 4) is 0 Å². The number of hydrogen-bond acceptors (Lipinski definition) is 6. The zero-order valence-corrected chi connectivity index (χ0v) is 19.9. The van der Waals surface area contributed by atoms with Gasteiger partial charge in [0.05, 0.1) is 23.0 Å². The molecule has 4 aromatic rings. The van der Waals surface area contributed by atoms with Crippen LogP contribution in [-0.4, -0.2) is 37.5 Å². The molecule has 2 aliphatic rings. The normalized spacial score (nSPS) is 25.9. The summed E-state index contributed by atoms with van der Waals surface area (Å²) < 4.78 is 15.1. The van der Waals surface area contributed by atoms with Gasteiger partial charge in [-0.2, -0.15) is 0 Å². The first-order valence-corrected chi connectivity index (χ1v) is 12.2. The Balaban J connectivity index is 1.25. The van der Waals surface area contributed by atoms with E-state index in [0.717, 1.165) is 42.2 Å². The number of aromatic nitrogens is 4. The molecule has 0 unspecified atom stereocenters. The van der Waals surface area contributed by atoms with E-state index in [2.05, 4.69) is 56.9 Å². The molecule has 0 amide bonds. The number of fused-ring (bicyclic) bond motifs is 3. The molecule has 0 radical (unpaired) electrons. The quantitative estimate of drug-likeness (QED) is 0.461. The Bertz CT molecular complexity index is 1360. The van der Waals surface area contributed by atoms with Crippen LogP contribution in [0.4, 0.5) is 5.82 Å². The Labute approximate surface area is 199 Å². The Morgan fingerprint density at radius 3 is 2.76 bits per heavy atom. The smallest absolute Gasteiger partial charge is 0.163 e. The van der Waals surface area contributed by atoms with Gasteiger partial charge in [-0.05, 0) is 74.8 Å². The van der Waals surface area contributed by atoms with Crippen molar-refractivity contribution < 1.29 is 9.47 Å². The fourth-order valence-corrected chi connectivity index (χ4v) is 5.78. The Kier molecular flexibility index (Phi) is 5.08. The molecule has 1 aromatic carbocycles. The SMILES string of the molecule is CCc1cnc2cc(CC[C@H]3C[C@@H](n4ccc5c(N)ncnc54)[C@@H]4OC(C)(C)O[C@H]34)ccc2c1. The van der Waals surface area contributed by atoms with E-state index >= 15 is 0 Å². The molecule has 0 bridgehead atoms. The number of hydrogen-bond donors (Lipinski definition) is 1. The van der Waals surface area contributed by atoms with Crippen LogP contribution in [0, 0.1) is 5.92 Å². The molecule has 1 aliphatic carbocycles. The first-order chi connectivity index (χ1) is 16.4. The molecule has 0 spiro atoms. The van der Waals surface area contributed by atoms with Gasteiger partial charge < -0.3 is 19.8 Å². The average molecular weight is 458 g/mol. The molecular weight excluding hydrogens is 426 g/mol. The lowest BCUT2D eigenvalue weighted by Gasteiger charge is -2.24. The predicted molar refractivity (Wildman–Crippen MR) is 132 cm³/mol. The van der Waals surface area contributed by atoms with Gasteiger partial charge in [-0.15, -0.1) is 0 Å². The van der Waals surface area contributed by atoms with Crippen LogP contribution in [0.2, 0.25) is 0 Å². The number of nitrogen functional groups attached to an aromatic ring is 1. The summed E-state index contributed by atoms with van der Waals surface area (Å²) in [5.41, 5.74) is 10.6. The van der Waals surface area contributed by atoms with Crippen molar-refractivity contribution in [3.63, 3.8) is 0 Å². The monoisotopic (exact) mass is 457 g/mol. The summed E-state index contributed by atoms with van der Waals surface area (Å²) in [7, 11) is 0. The van der Waals surface area contributed by atoms with Crippen molar-refractivity contribution in [1.82, 2.24) is 19.5 Å². The summed E-state index contributed by atoms with van der Waals surface area (Å²) in [5, 5.41) is 2.09.